The molecule has 2 heterocycles. The highest BCUT2D eigenvalue weighted by Gasteiger charge is 2.29. The van der Waals surface area contributed by atoms with E-state index in [1.54, 1.807) is 44.7 Å². The van der Waals surface area contributed by atoms with Crippen molar-refractivity contribution in [1.82, 2.24) is 25.2 Å². The normalized spacial score (nSPS) is 14.9. The molecule has 0 radical (unpaired) electrons. The van der Waals surface area contributed by atoms with E-state index in [1.807, 2.05) is 0 Å². The molecule has 1 aliphatic rings. The van der Waals surface area contributed by atoms with Crippen molar-refractivity contribution < 1.29 is 19.2 Å². The molecule has 0 atom stereocenters. The number of nitro benzene ring substituents is 1. The fourth-order valence-corrected chi connectivity index (χ4v) is 3.36. The second kappa shape index (κ2) is 8.70. The summed E-state index contributed by atoms with van der Waals surface area (Å²) in [6.45, 7) is 8.03. The zero-order valence-electron chi connectivity index (χ0n) is 18.0. The summed E-state index contributed by atoms with van der Waals surface area (Å²) in [6.07, 6.45) is 0.736. The maximum absolute atomic E-state index is 12.9. The molecule has 11 nitrogen and oxygen atoms in total. The second-order valence-electron chi connectivity index (χ2n) is 8.42. The van der Waals surface area contributed by atoms with Crippen LogP contribution in [0, 0.1) is 17.0 Å². The number of non-ortho nitro benzene ring substituents is 1. The van der Waals surface area contributed by atoms with Gasteiger partial charge in [0.15, 0.2) is 5.69 Å². The van der Waals surface area contributed by atoms with Gasteiger partial charge in [0.2, 0.25) is 0 Å². The van der Waals surface area contributed by atoms with E-state index in [0.717, 1.165) is 0 Å². The number of nitrogens with one attached hydrogen (secondary N) is 1. The zero-order valence-corrected chi connectivity index (χ0v) is 18.0. The molecule has 2 aromatic rings. The van der Waals surface area contributed by atoms with Crippen molar-refractivity contribution >= 4 is 17.7 Å². The highest BCUT2D eigenvalue weighted by atomic mass is 16.6. The molecule has 1 fully saturated rings. The van der Waals surface area contributed by atoms with Crippen molar-refractivity contribution in [3.63, 3.8) is 0 Å². The summed E-state index contributed by atoms with van der Waals surface area (Å²) in [5, 5.41) is 21.9. The van der Waals surface area contributed by atoms with Gasteiger partial charge in [-0.25, -0.2) is 9.48 Å². The van der Waals surface area contributed by atoms with Crippen LogP contribution in [0.1, 0.15) is 49.8 Å². The molecule has 1 aliphatic heterocycles. The van der Waals surface area contributed by atoms with Crippen LogP contribution in [0.3, 0.4) is 0 Å². The highest BCUT2D eigenvalue weighted by molar-refractivity contribution is 5.93. The number of ether oxygens (including phenoxy) is 1. The number of piperidine rings is 1. The van der Waals surface area contributed by atoms with E-state index in [9.17, 15) is 19.7 Å². The number of benzene rings is 1. The van der Waals surface area contributed by atoms with Crippen molar-refractivity contribution in [3.8, 4) is 5.69 Å². The summed E-state index contributed by atoms with van der Waals surface area (Å²) in [6, 6.07) is 5.91. The molecule has 1 aromatic carbocycles. The fourth-order valence-electron chi connectivity index (χ4n) is 3.36. The van der Waals surface area contributed by atoms with E-state index in [0.29, 0.717) is 37.3 Å². The van der Waals surface area contributed by atoms with Crippen LogP contribution >= 0.6 is 0 Å². The predicted molar refractivity (Wildman–Crippen MR) is 111 cm³/mol. The quantitative estimate of drug-likeness (QED) is 0.582. The molecule has 1 N–H and O–H groups in total. The Kier molecular flexibility index (Phi) is 6.23. The zero-order chi connectivity index (χ0) is 22.8. The topological polar surface area (TPSA) is 132 Å². The molecule has 2 amide bonds. The molecule has 0 bridgehead atoms. The smallest absolute Gasteiger partial charge is 0.407 e. The Bertz CT molecular complexity index is 988. The number of carbonyl (C=O) groups is 2. The summed E-state index contributed by atoms with van der Waals surface area (Å²) < 4.78 is 6.69. The molecule has 0 saturated carbocycles. The maximum atomic E-state index is 12.9. The molecule has 0 spiro atoms. The Labute approximate surface area is 179 Å². The summed E-state index contributed by atoms with van der Waals surface area (Å²) in [5.74, 6) is -0.259. The Morgan fingerprint density at radius 1 is 1.26 bits per heavy atom. The average molecular weight is 430 g/mol. The van der Waals surface area contributed by atoms with Gasteiger partial charge in [-0.05, 0) is 46.6 Å². The monoisotopic (exact) mass is 430 g/mol. The number of aromatic nitrogens is 3. The first-order valence-electron chi connectivity index (χ1n) is 10.0. The minimum absolute atomic E-state index is 0.0689. The van der Waals surface area contributed by atoms with Gasteiger partial charge in [-0.15, -0.1) is 5.10 Å². The van der Waals surface area contributed by atoms with Crippen LogP contribution in [0.5, 0.6) is 0 Å². The van der Waals surface area contributed by atoms with Gasteiger partial charge < -0.3 is 15.0 Å². The molecule has 1 saturated heterocycles. The van der Waals surface area contributed by atoms with Gasteiger partial charge in [-0.3, -0.25) is 14.9 Å². The van der Waals surface area contributed by atoms with Crippen LogP contribution in [-0.2, 0) is 4.74 Å². The standard InChI is InChI=1S/C20H26N6O5/c1-13-17(22-23-25(13)15-6-5-7-16(12-15)26(29)30)18(27)24-10-8-14(9-11-24)21-19(28)31-20(2,3)4/h5-7,12,14H,8-11H2,1-4H3,(H,21,28). The first kappa shape index (κ1) is 22.2. The number of alkyl carbamates (subject to hydrolysis) is 1. The third-order valence-electron chi connectivity index (χ3n) is 4.89. The van der Waals surface area contributed by atoms with Gasteiger partial charge in [0.25, 0.3) is 11.6 Å². The van der Waals surface area contributed by atoms with Crippen LogP contribution in [0.25, 0.3) is 5.69 Å². The number of nitrogens with zero attached hydrogens (tertiary/aromatic N) is 5. The lowest BCUT2D eigenvalue weighted by molar-refractivity contribution is -0.384. The number of carbonyl (C=O) groups excluding carboxylic acids is 2. The van der Waals surface area contributed by atoms with Gasteiger partial charge in [0.05, 0.1) is 16.3 Å². The molecule has 31 heavy (non-hydrogen) atoms. The SMILES string of the molecule is Cc1c(C(=O)N2CCC(NC(=O)OC(C)(C)C)CC2)nnn1-c1cccc([N+](=O)[O-])c1. The van der Waals surface area contributed by atoms with E-state index >= 15 is 0 Å². The van der Waals surface area contributed by atoms with E-state index in [1.165, 1.54) is 16.8 Å². The summed E-state index contributed by atoms with van der Waals surface area (Å²) in [5.41, 5.74) is 0.520. The third-order valence-corrected chi connectivity index (χ3v) is 4.89. The molecule has 166 valence electrons. The molecular formula is C20H26N6O5. The minimum Gasteiger partial charge on any atom is -0.444 e. The number of hydrogen-bond donors (Lipinski definition) is 1. The Hall–Kier alpha value is -3.50. The number of hydrogen-bond acceptors (Lipinski definition) is 7. The number of amides is 2. The number of likely N-dealkylation sites (tertiary alicyclic amines) is 1. The van der Waals surface area contributed by atoms with Crippen molar-refractivity contribution in [1.29, 1.82) is 0 Å². The van der Waals surface area contributed by atoms with Gasteiger partial charge in [-0.1, -0.05) is 11.3 Å². The predicted octanol–water partition coefficient (Wildman–Crippen LogP) is 2.61. The van der Waals surface area contributed by atoms with Crippen LogP contribution < -0.4 is 5.32 Å². The number of nitro groups is 1. The van der Waals surface area contributed by atoms with Crippen LogP contribution in [-0.4, -0.2) is 61.5 Å². The second-order valence-corrected chi connectivity index (χ2v) is 8.42. The average Bonchev–Trinajstić information content (AvgIpc) is 3.08. The van der Waals surface area contributed by atoms with Crippen molar-refractivity contribution in [2.75, 3.05) is 13.1 Å². The molecule has 0 unspecified atom stereocenters. The van der Waals surface area contributed by atoms with E-state index in [-0.39, 0.29) is 23.3 Å². The molecule has 1 aromatic heterocycles. The van der Waals surface area contributed by atoms with Crippen molar-refractivity contribution in [2.24, 2.45) is 0 Å². The lowest BCUT2D eigenvalue weighted by Crippen LogP contribution is -2.47. The lowest BCUT2D eigenvalue weighted by Gasteiger charge is -2.32. The molecular weight excluding hydrogens is 404 g/mol. The molecule has 0 aliphatic carbocycles. The largest absolute Gasteiger partial charge is 0.444 e. The first-order valence-corrected chi connectivity index (χ1v) is 10.0. The van der Waals surface area contributed by atoms with Gasteiger partial charge >= 0.3 is 6.09 Å². The highest BCUT2D eigenvalue weighted by Crippen LogP contribution is 2.20. The first-order chi connectivity index (χ1) is 14.5. The summed E-state index contributed by atoms with van der Waals surface area (Å²) in [4.78, 5) is 37.1. The summed E-state index contributed by atoms with van der Waals surface area (Å²) in [7, 11) is 0. The van der Waals surface area contributed by atoms with E-state index in [4.69, 9.17) is 4.74 Å². The van der Waals surface area contributed by atoms with Gasteiger partial charge in [0.1, 0.15) is 5.60 Å². The molecule has 11 heteroatoms. The molecule has 3 rings (SSSR count). The van der Waals surface area contributed by atoms with E-state index in [2.05, 4.69) is 15.6 Å². The Balaban J connectivity index is 1.64. The Morgan fingerprint density at radius 3 is 2.55 bits per heavy atom. The van der Waals surface area contributed by atoms with Gasteiger partial charge in [-0.2, -0.15) is 0 Å². The van der Waals surface area contributed by atoms with Crippen LogP contribution in [0.4, 0.5) is 10.5 Å². The van der Waals surface area contributed by atoms with Crippen LogP contribution in [0.15, 0.2) is 24.3 Å². The van der Waals surface area contributed by atoms with Crippen molar-refractivity contribution in [2.45, 2.75) is 52.2 Å². The lowest BCUT2D eigenvalue weighted by atomic mass is 10.0. The third kappa shape index (κ3) is 5.36. The van der Waals surface area contributed by atoms with Gasteiger partial charge in [0, 0.05) is 31.3 Å². The minimum atomic E-state index is -0.566. The van der Waals surface area contributed by atoms with Crippen molar-refractivity contribution in [3.05, 3.63) is 45.8 Å². The number of rotatable bonds is 4. The Morgan fingerprint density at radius 2 is 1.94 bits per heavy atom. The maximum Gasteiger partial charge on any atom is 0.407 e. The van der Waals surface area contributed by atoms with E-state index < -0.39 is 16.6 Å². The fraction of sp³-hybridized carbons (Fsp3) is 0.500. The summed E-state index contributed by atoms with van der Waals surface area (Å²) >= 11 is 0. The van der Waals surface area contributed by atoms with Crippen LogP contribution in [0.2, 0.25) is 0 Å².